The van der Waals surface area contributed by atoms with Crippen LogP contribution in [-0.4, -0.2) is 46.0 Å². The number of aromatic nitrogens is 2. The number of piperidine rings is 1. The van der Waals surface area contributed by atoms with E-state index in [0.717, 1.165) is 12.8 Å². The van der Waals surface area contributed by atoms with Gasteiger partial charge in [-0.2, -0.15) is 0 Å². The van der Waals surface area contributed by atoms with Gasteiger partial charge in [-0.15, -0.1) is 0 Å². The number of hydrogen-bond acceptors (Lipinski definition) is 5. The minimum absolute atomic E-state index is 0.124. The van der Waals surface area contributed by atoms with Gasteiger partial charge in [-0.3, -0.25) is 19.0 Å². The van der Waals surface area contributed by atoms with Crippen LogP contribution in [0.1, 0.15) is 35.9 Å². The van der Waals surface area contributed by atoms with Crippen molar-refractivity contribution in [1.82, 2.24) is 14.5 Å². The highest BCUT2D eigenvalue weighted by atomic mass is 16.5. The third-order valence-corrected chi connectivity index (χ3v) is 5.64. The molecule has 1 fully saturated rings. The number of para-hydroxylation sites is 1. The lowest BCUT2D eigenvalue weighted by atomic mass is 9.97. The summed E-state index contributed by atoms with van der Waals surface area (Å²) < 4.78 is 6.67. The van der Waals surface area contributed by atoms with Crippen molar-refractivity contribution >= 4 is 22.8 Å². The Morgan fingerprint density at radius 2 is 1.87 bits per heavy atom. The molecule has 1 aliphatic heterocycles. The largest absolute Gasteiger partial charge is 0.466 e. The molecule has 1 aliphatic rings. The molecule has 1 saturated heterocycles. The number of carbonyl (C=O) groups excluding carboxylic acids is 2. The van der Waals surface area contributed by atoms with E-state index in [1.165, 1.54) is 0 Å². The van der Waals surface area contributed by atoms with E-state index in [-0.39, 0.29) is 23.4 Å². The first kappa shape index (κ1) is 20.8. The maximum atomic E-state index is 13.0. The van der Waals surface area contributed by atoms with Gasteiger partial charge >= 0.3 is 5.97 Å². The van der Waals surface area contributed by atoms with Crippen LogP contribution in [0.15, 0.2) is 53.3 Å². The van der Waals surface area contributed by atoms with Crippen molar-refractivity contribution in [1.29, 1.82) is 0 Å². The van der Waals surface area contributed by atoms with Gasteiger partial charge < -0.3 is 9.64 Å². The maximum Gasteiger partial charge on any atom is 0.310 e. The Kier molecular flexibility index (Phi) is 5.84. The standard InChI is InChI=1S/C24H25N3O4/c1-3-31-24(30)18-7-6-14-26(15-18)22(28)17-10-12-19(13-11-17)27-16(2)25-21-9-5-4-8-20(21)23(27)29/h4-5,8-13,18H,3,6-7,14-15H2,1-2H3/t18-/m1/s1. The summed E-state index contributed by atoms with van der Waals surface area (Å²) in [4.78, 5) is 44.2. The first-order valence-electron chi connectivity index (χ1n) is 10.5. The molecule has 2 heterocycles. The zero-order chi connectivity index (χ0) is 22.0. The van der Waals surface area contributed by atoms with Gasteiger partial charge in [0.05, 0.1) is 29.1 Å². The third-order valence-electron chi connectivity index (χ3n) is 5.64. The topological polar surface area (TPSA) is 81.5 Å². The second-order valence-corrected chi connectivity index (χ2v) is 7.71. The van der Waals surface area contributed by atoms with Crippen molar-refractivity contribution in [2.45, 2.75) is 26.7 Å². The second kappa shape index (κ2) is 8.71. The molecule has 1 amide bonds. The summed E-state index contributed by atoms with van der Waals surface area (Å²) >= 11 is 0. The van der Waals surface area contributed by atoms with Crippen LogP contribution < -0.4 is 5.56 Å². The molecule has 0 unspecified atom stereocenters. The number of nitrogens with zero attached hydrogens (tertiary/aromatic N) is 3. The summed E-state index contributed by atoms with van der Waals surface area (Å²) in [5, 5.41) is 0.548. The quantitative estimate of drug-likeness (QED) is 0.607. The molecule has 31 heavy (non-hydrogen) atoms. The summed E-state index contributed by atoms with van der Waals surface area (Å²) in [6, 6.07) is 14.2. The summed E-state index contributed by atoms with van der Waals surface area (Å²) in [6.07, 6.45) is 1.50. The summed E-state index contributed by atoms with van der Waals surface area (Å²) in [5.74, 6) is -0.0619. The zero-order valence-corrected chi connectivity index (χ0v) is 17.7. The average molecular weight is 419 g/mol. The van der Waals surface area contributed by atoms with E-state index in [4.69, 9.17) is 4.74 Å². The molecule has 1 atom stereocenters. The highest BCUT2D eigenvalue weighted by molar-refractivity contribution is 5.94. The molecule has 0 spiro atoms. The van der Waals surface area contributed by atoms with Crippen molar-refractivity contribution < 1.29 is 14.3 Å². The van der Waals surface area contributed by atoms with Crippen LogP contribution in [0.5, 0.6) is 0 Å². The van der Waals surface area contributed by atoms with Crippen LogP contribution in [0.4, 0.5) is 0 Å². The fourth-order valence-electron chi connectivity index (χ4n) is 4.10. The van der Waals surface area contributed by atoms with Gasteiger partial charge in [-0.1, -0.05) is 12.1 Å². The van der Waals surface area contributed by atoms with E-state index in [9.17, 15) is 14.4 Å². The van der Waals surface area contributed by atoms with E-state index in [2.05, 4.69) is 4.98 Å². The minimum atomic E-state index is -0.276. The summed E-state index contributed by atoms with van der Waals surface area (Å²) in [7, 11) is 0. The van der Waals surface area contributed by atoms with E-state index < -0.39 is 0 Å². The molecular weight excluding hydrogens is 394 g/mol. The molecule has 1 aromatic heterocycles. The molecule has 7 heteroatoms. The summed E-state index contributed by atoms with van der Waals surface area (Å²) in [5.41, 5.74) is 1.69. The Hall–Kier alpha value is -3.48. The zero-order valence-electron chi connectivity index (χ0n) is 17.7. The van der Waals surface area contributed by atoms with Gasteiger partial charge in [-0.25, -0.2) is 4.98 Å². The Balaban J connectivity index is 1.58. The number of carbonyl (C=O) groups is 2. The van der Waals surface area contributed by atoms with Crippen LogP contribution in [0.25, 0.3) is 16.6 Å². The molecular formula is C24H25N3O4. The number of rotatable bonds is 4. The Morgan fingerprint density at radius 1 is 1.13 bits per heavy atom. The van der Waals surface area contributed by atoms with E-state index in [0.29, 0.717) is 47.7 Å². The minimum Gasteiger partial charge on any atom is -0.466 e. The smallest absolute Gasteiger partial charge is 0.310 e. The molecule has 4 rings (SSSR count). The Bertz CT molecular complexity index is 1180. The van der Waals surface area contributed by atoms with Crippen LogP contribution in [0.2, 0.25) is 0 Å². The average Bonchev–Trinajstić information content (AvgIpc) is 2.79. The molecule has 0 saturated carbocycles. The van der Waals surface area contributed by atoms with Crippen LogP contribution in [0.3, 0.4) is 0 Å². The van der Waals surface area contributed by atoms with Gasteiger partial charge in [0.15, 0.2) is 0 Å². The Labute approximate surface area is 180 Å². The molecule has 3 aromatic rings. The fourth-order valence-corrected chi connectivity index (χ4v) is 4.10. The lowest BCUT2D eigenvalue weighted by molar-refractivity contribution is -0.149. The second-order valence-electron chi connectivity index (χ2n) is 7.71. The van der Waals surface area contributed by atoms with Gasteiger partial charge in [0, 0.05) is 18.7 Å². The first-order chi connectivity index (χ1) is 15.0. The number of aryl methyl sites for hydroxylation is 1. The number of ether oxygens (including phenoxy) is 1. The molecule has 160 valence electrons. The lowest BCUT2D eigenvalue weighted by Gasteiger charge is -2.31. The third kappa shape index (κ3) is 4.08. The predicted molar refractivity (Wildman–Crippen MR) is 117 cm³/mol. The van der Waals surface area contributed by atoms with Gasteiger partial charge in [0.25, 0.3) is 11.5 Å². The van der Waals surface area contributed by atoms with Crippen molar-refractivity contribution in [2.75, 3.05) is 19.7 Å². The number of fused-ring (bicyclic) bond motifs is 1. The van der Waals surface area contributed by atoms with Crippen LogP contribution in [0, 0.1) is 12.8 Å². The number of hydrogen-bond donors (Lipinski definition) is 0. The number of esters is 1. The normalized spacial score (nSPS) is 16.3. The van der Waals surface area contributed by atoms with Crippen LogP contribution in [-0.2, 0) is 9.53 Å². The van der Waals surface area contributed by atoms with Crippen molar-refractivity contribution in [2.24, 2.45) is 5.92 Å². The SMILES string of the molecule is CCOC(=O)[C@@H]1CCCN(C(=O)c2ccc(-n3c(C)nc4ccccc4c3=O)cc2)C1. The lowest BCUT2D eigenvalue weighted by Crippen LogP contribution is -2.42. The van der Waals surface area contributed by atoms with E-state index in [1.54, 1.807) is 53.6 Å². The van der Waals surface area contributed by atoms with Crippen molar-refractivity contribution in [3.63, 3.8) is 0 Å². The molecule has 7 nitrogen and oxygen atoms in total. The highest BCUT2D eigenvalue weighted by Crippen LogP contribution is 2.21. The van der Waals surface area contributed by atoms with Crippen molar-refractivity contribution in [3.05, 3.63) is 70.3 Å². The van der Waals surface area contributed by atoms with E-state index >= 15 is 0 Å². The van der Waals surface area contributed by atoms with Crippen molar-refractivity contribution in [3.8, 4) is 5.69 Å². The van der Waals surface area contributed by atoms with E-state index in [1.807, 2.05) is 18.2 Å². The number of likely N-dealkylation sites (tertiary alicyclic amines) is 1. The van der Waals surface area contributed by atoms with Gasteiger partial charge in [0.1, 0.15) is 5.82 Å². The molecule has 2 aromatic carbocycles. The molecule has 0 bridgehead atoms. The Morgan fingerprint density at radius 3 is 2.61 bits per heavy atom. The molecule has 0 aliphatic carbocycles. The first-order valence-corrected chi connectivity index (χ1v) is 10.5. The van der Waals surface area contributed by atoms with Gasteiger partial charge in [-0.05, 0) is 63.1 Å². The van der Waals surface area contributed by atoms with Crippen LogP contribution >= 0.6 is 0 Å². The number of benzene rings is 2. The molecule has 0 N–H and O–H groups in total. The highest BCUT2D eigenvalue weighted by Gasteiger charge is 2.29. The van der Waals surface area contributed by atoms with Gasteiger partial charge in [0.2, 0.25) is 0 Å². The predicted octanol–water partition coefficient (Wildman–Crippen LogP) is 3.11. The monoisotopic (exact) mass is 419 g/mol. The summed E-state index contributed by atoms with van der Waals surface area (Å²) in [6.45, 7) is 4.89. The maximum absolute atomic E-state index is 13.0. The number of amides is 1. The molecule has 0 radical (unpaired) electrons. The fraction of sp³-hybridized carbons (Fsp3) is 0.333.